The normalized spacial score (nSPS) is 13.9. The van der Waals surface area contributed by atoms with Crippen LogP contribution in [0.1, 0.15) is 16.2 Å². The second-order valence-electron chi connectivity index (χ2n) is 6.40. The van der Waals surface area contributed by atoms with Gasteiger partial charge in [-0.2, -0.15) is 9.97 Å². The number of carbonyl (C=O) groups is 1. The number of non-ortho nitro benzene ring substituents is 1. The number of nitro benzene ring substituents is 1. The molecule has 0 radical (unpaired) electrons. The fourth-order valence-electron chi connectivity index (χ4n) is 2.99. The molecule has 4 rings (SSSR count). The Morgan fingerprint density at radius 1 is 1.10 bits per heavy atom. The Morgan fingerprint density at radius 2 is 1.93 bits per heavy atom. The van der Waals surface area contributed by atoms with Crippen LogP contribution < -0.4 is 10.2 Å². The number of nitro groups is 1. The third kappa shape index (κ3) is 4.06. The quantitative estimate of drug-likeness (QED) is 0.391. The average molecular weight is 391 g/mol. The second kappa shape index (κ2) is 8.07. The molecule has 0 saturated carbocycles. The molecule has 0 bridgehead atoms. The van der Waals surface area contributed by atoms with Crippen molar-refractivity contribution in [2.75, 3.05) is 31.1 Å². The van der Waals surface area contributed by atoms with Crippen LogP contribution in [0.25, 0.3) is 11.4 Å². The standard InChI is InChI=1S/C19H17N7O3/c27-16(14-4-2-6-21-12-14)18-22-17(13-3-1-5-15(11-13)26(28)29)23-19(24-18)25-9-7-20-8-10-25/h1-6,11-12,20H,7-10H2. The van der Waals surface area contributed by atoms with Gasteiger partial charge >= 0.3 is 0 Å². The smallest absolute Gasteiger partial charge is 0.270 e. The molecular formula is C19H17N7O3. The fraction of sp³-hybridized carbons (Fsp3) is 0.211. The van der Waals surface area contributed by atoms with E-state index < -0.39 is 4.92 Å². The summed E-state index contributed by atoms with van der Waals surface area (Å²) in [6.45, 7) is 2.89. The Labute approximate surface area is 165 Å². The van der Waals surface area contributed by atoms with E-state index in [2.05, 4.69) is 25.3 Å². The minimum atomic E-state index is -0.483. The summed E-state index contributed by atoms with van der Waals surface area (Å²) in [5.41, 5.74) is 0.722. The Balaban J connectivity index is 1.81. The van der Waals surface area contributed by atoms with Crippen molar-refractivity contribution in [3.05, 3.63) is 70.3 Å². The predicted molar refractivity (Wildman–Crippen MR) is 105 cm³/mol. The molecule has 1 fully saturated rings. The van der Waals surface area contributed by atoms with Crippen LogP contribution in [-0.2, 0) is 0 Å². The average Bonchev–Trinajstić information content (AvgIpc) is 2.79. The summed E-state index contributed by atoms with van der Waals surface area (Å²) >= 11 is 0. The maximum Gasteiger partial charge on any atom is 0.270 e. The van der Waals surface area contributed by atoms with E-state index in [0.29, 0.717) is 30.2 Å². The van der Waals surface area contributed by atoms with Crippen molar-refractivity contribution in [3.8, 4) is 11.4 Å². The van der Waals surface area contributed by atoms with Gasteiger partial charge in [-0.15, -0.1) is 0 Å². The van der Waals surface area contributed by atoms with Gasteiger partial charge < -0.3 is 10.2 Å². The zero-order valence-electron chi connectivity index (χ0n) is 15.4. The lowest BCUT2D eigenvalue weighted by Gasteiger charge is -2.27. The van der Waals surface area contributed by atoms with Crippen molar-refractivity contribution in [2.45, 2.75) is 0 Å². The van der Waals surface area contributed by atoms with Crippen molar-refractivity contribution in [1.82, 2.24) is 25.3 Å². The molecule has 0 spiro atoms. The number of anilines is 1. The number of nitrogens with one attached hydrogen (secondary N) is 1. The van der Waals surface area contributed by atoms with E-state index in [9.17, 15) is 14.9 Å². The Kier molecular flexibility index (Phi) is 5.16. The molecule has 1 aliphatic heterocycles. The molecule has 3 heterocycles. The maximum atomic E-state index is 12.9. The number of piperazine rings is 1. The molecule has 146 valence electrons. The molecule has 10 nitrogen and oxygen atoms in total. The lowest BCUT2D eigenvalue weighted by atomic mass is 10.1. The van der Waals surface area contributed by atoms with E-state index in [-0.39, 0.29) is 23.1 Å². The summed E-state index contributed by atoms with van der Waals surface area (Å²) in [5.74, 6) is 0.173. The summed E-state index contributed by atoms with van der Waals surface area (Å²) in [5, 5.41) is 14.4. The van der Waals surface area contributed by atoms with Gasteiger partial charge in [0, 0.05) is 61.8 Å². The highest BCUT2D eigenvalue weighted by atomic mass is 16.6. The number of benzene rings is 1. The largest absolute Gasteiger partial charge is 0.338 e. The van der Waals surface area contributed by atoms with Crippen molar-refractivity contribution >= 4 is 17.4 Å². The minimum absolute atomic E-state index is 0.0250. The number of ketones is 1. The molecule has 1 saturated heterocycles. The molecule has 1 N–H and O–H groups in total. The molecule has 1 aromatic carbocycles. The number of pyridine rings is 1. The lowest BCUT2D eigenvalue weighted by molar-refractivity contribution is -0.384. The van der Waals surface area contributed by atoms with Gasteiger partial charge in [-0.3, -0.25) is 19.9 Å². The third-order valence-corrected chi connectivity index (χ3v) is 4.47. The van der Waals surface area contributed by atoms with E-state index >= 15 is 0 Å². The highest BCUT2D eigenvalue weighted by Crippen LogP contribution is 2.23. The van der Waals surface area contributed by atoms with Crippen LogP contribution in [0, 0.1) is 10.1 Å². The second-order valence-corrected chi connectivity index (χ2v) is 6.40. The highest BCUT2D eigenvalue weighted by Gasteiger charge is 2.21. The molecule has 2 aromatic heterocycles. The molecule has 29 heavy (non-hydrogen) atoms. The molecule has 0 atom stereocenters. The number of nitrogens with zero attached hydrogens (tertiary/aromatic N) is 6. The van der Waals surface area contributed by atoms with Crippen molar-refractivity contribution in [1.29, 1.82) is 0 Å². The number of aromatic nitrogens is 4. The predicted octanol–water partition coefficient (Wildman–Crippen LogP) is 1.48. The first-order valence-electron chi connectivity index (χ1n) is 9.03. The van der Waals surface area contributed by atoms with Gasteiger partial charge in [0.1, 0.15) is 0 Å². The maximum absolute atomic E-state index is 12.9. The summed E-state index contributed by atoms with van der Waals surface area (Å²) in [6, 6.07) is 9.30. The fourth-order valence-corrected chi connectivity index (χ4v) is 2.99. The SMILES string of the molecule is O=C(c1cccnc1)c1nc(-c2cccc([N+](=O)[O-])c2)nc(N2CCNCC2)n1. The van der Waals surface area contributed by atoms with E-state index in [1.54, 1.807) is 30.5 Å². The first-order chi connectivity index (χ1) is 14.1. The molecule has 0 aliphatic carbocycles. The first-order valence-corrected chi connectivity index (χ1v) is 9.03. The van der Waals surface area contributed by atoms with Gasteiger partial charge in [0.15, 0.2) is 5.82 Å². The van der Waals surface area contributed by atoms with Gasteiger partial charge in [-0.1, -0.05) is 12.1 Å². The Morgan fingerprint density at radius 3 is 2.66 bits per heavy atom. The van der Waals surface area contributed by atoms with Crippen LogP contribution in [0.5, 0.6) is 0 Å². The molecule has 1 aliphatic rings. The first kappa shape index (κ1) is 18.6. The third-order valence-electron chi connectivity index (χ3n) is 4.47. The van der Waals surface area contributed by atoms with Crippen molar-refractivity contribution in [3.63, 3.8) is 0 Å². The summed E-state index contributed by atoms with van der Waals surface area (Å²) in [4.78, 5) is 42.7. The molecule has 3 aromatic rings. The van der Waals surface area contributed by atoms with Crippen molar-refractivity contribution < 1.29 is 9.72 Å². The van der Waals surface area contributed by atoms with Gasteiger partial charge in [0.05, 0.1) is 4.92 Å². The number of hydrogen-bond donors (Lipinski definition) is 1. The van der Waals surface area contributed by atoms with Gasteiger partial charge in [-0.25, -0.2) is 4.98 Å². The molecule has 10 heteroatoms. The van der Waals surface area contributed by atoms with Crippen LogP contribution in [-0.4, -0.2) is 56.8 Å². The minimum Gasteiger partial charge on any atom is -0.338 e. The van der Waals surface area contributed by atoms with Gasteiger partial charge in [0.25, 0.3) is 5.69 Å². The lowest BCUT2D eigenvalue weighted by Crippen LogP contribution is -2.44. The van der Waals surface area contributed by atoms with E-state index in [1.165, 1.54) is 18.3 Å². The number of carbonyl (C=O) groups excluding carboxylic acids is 1. The Hall–Kier alpha value is -3.79. The van der Waals surface area contributed by atoms with Crippen LogP contribution in [0.4, 0.5) is 11.6 Å². The van der Waals surface area contributed by atoms with Crippen molar-refractivity contribution in [2.24, 2.45) is 0 Å². The number of hydrogen-bond acceptors (Lipinski definition) is 9. The van der Waals surface area contributed by atoms with E-state index in [4.69, 9.17) is 0 Å². The zero-order chi connectivity index (χ0) is 20.2. The Bertz CT molecular complexity index is 1050. The molecular weight excluding hydrogens is 374 g/mol. The van der Waals surface area contributed by atoms with Gasteiger partial charge in [0.2, 0.25) is 17.6 Å². The molecule has 0 amide bonds. The van der Waals surface area contributed by atoms with Crippen LogP contribution in [0.2, 0.25) is 0 Å². The van der Waals surface area contributed by atoms with Crippen LogP contribution in [0.15, 0.2) is 48.8 Å². The monoisotopic (exact) mass is 391 g/mol. The summed E-state index contributed by atoms with van der Waals surface area (Å²) < 4.78 is 0. The zero-order valence-corrected chi connectivity index (χ0v) is 15.4. The molecule has 0 unspecified atom stereocenters. The van der Waals surface area contributed by atoms with Crippen LogP contribution >= 0.6 is 0 Å². The number of rotatable bonds is 5. The highest BCUT2D eigenvalue weighted by molar-refractivity contribution is 6.06. The summed E-state index contributed by atoms with van der Waals surface area (Å²) in [6.07, 6.45) is 3.02. The van der Waals surface area contributed by atoms with Gasteiger partial charge in [-0.05, 0) is 12.1 Å². The van der Waals surface area contributed by atoms with E-state index in [0.717, 1.165) is 13.1 Å². The summed E-state index contributed by atoms with van der Waals surface area (Å²) in [7, 11) is 0. The van der Waals surface area contributed by atoms with Crippen LogP contribution in [0.3, 0.4) is 0 Å². The topological polar surface area (TPSA) is 127 Å². The van der Waals surface area contributed by atoms with E-state index in [1.807, 2.05) is 4.90 Å².